The first-order valence-corrected chi connectivity index (χ1v) is 4.57. The molecular formula is C8H14N4O. The van der Waals surface area contributed by atoms with Gasteiger partial charge in [-0.2, -0.15) is 15.4 Å². The molecule has 13 heavy (non-hydrogen) atoms. The molecular weight excluding hydrogens is 168 g/mol. The van der Waals surface area contributed by atoms with Crippen LogP contribution in [-0.4, -0.2) is 28.6 Å². The van der Waals surface area contributed by atoms with Gasteiger partial charge in [-0.1, -0.05) is 0 Å². The van der Waals surface area contributed by atoms with Crippen molar-refractivity contribution in [1.29, 1.82) is 0 Å². The lowest BCUT2D eigenvalue weighted by molar-refractivity contribution is 0.0579. The summed E-state index contributed by atoms with van der Waals surface area (Å²) >= 11 is 0. The van der Waals surface area contributed by atoms with E-state index in [1.165, 1.54) is 0 Å². The van der Waals surface area contributed by atoms with E-state index in [9.17, 15) is 0 Å². The van der Waals surface area contributed by atoms with Crippen molar-refractivity contribution in [2.45, 2.75) is 18.9 Å². The number of ether oxygens (including phenoxy) is 1. The summed E-state index contributed by atoms with van der Waals surface area (Å²) < 4.78 is 5.27. The van der Waals surface area contributed by atoms with Gasteiger partial charge in [0.1, 0.15) is 0 Å². The third kappa shape index (κ3) is 1.87. The Morgan fingerprint density at radius 2 is 2.31 bits per heavy atom. The fourth-order valence-electron chi connectivity index (χ4n) is 1.69. The largest absolute Gasteiger partial charge is 0.381 e. The zero-order valence-corrected chi connectivity index (χ0v) is 7.44. The van der Waals surface area contributed by atoms with Crippen LogP contribution >= 0.6 is 0 Å². The van der Waals surface area contributed by atoms with Gasteiger partial charge in [0, 0.05) is 13.2 Å². The maximum absolute atomic E-state index is 6.04. The highest BCUT2D eigenvalue weighted by molar-refractivity contribution is 5.00. The summed E-state index contributed by atoms with van der Waals surface area (Å²) in [6.45, 7) is 1.63. The first-order valence-electron chi connectivity index (χ1n) is 4.57. The zero-order chi connectivity index (χ0) is 9.10. The minimum Gasteiger partial charge on any atom is -0.381 e. The van der Waals surface area contributed by atoms with Gasteiger partial charge in [-0.3, -0.25) is 0 Å². The number of aromatic nitrogens is 3. The molecule has 0 radical (unpaired) electrons. The number of nitrogens with zero attached hydrogens (tertiary/aromatic N) is 2. The fourth-order valence-corrected chi connectivity index (χ4v) is 1.69. The summed E-state index contributed by atoms with van der Waals surface area (Å²) in [5, 5.41) is 10.3. The molecule has 0 bridgehead atoms. The minimum atomic E-state index is 0.00245. The van der Waals surface area contributed by atoms with Crippen molar-refractivity contribution in [1.82, 2.24) is 15.4 Å². The van der Waals surface area contributed by atoms with E-state index in [0.29, 0.717) is 5.92 Å². The Morgan fingerprint density at radius 1 is 1.54 bits per heavy atom. The molecule has 2 rings (SSSR count). The summed E-state index contributed by atoms with van der Waals surface area (Å²) in [5.41, 5.74) is 6.89. The molecule has 1 aromatic heterocycles. The van der Waals surface area contributed by atoms with Gasteiger partial charge in [-0.15, -0.1) is 0 Å². The molecule has 0 saturated carbocycles. The number of nitrogens with two attached hydrogens (primary N) is 1. The zero-order valence-electron chi connectivity index (χ0n) is 7.44. The van der Waals surface area contributed by atoms with E-state index in [2.05, 4.69) is 15.4 Å². The van der Waals surface area contributed by atoms with Gasteiger partial charge in [0.05, 0.1) is 17.9 Å². The highest BCUT2D eigenvalue weighted by Crippen LogP contribution is 2.26. The first kappa shape index (κ1) is 8.65. The van der Waals surface area contributed by atoms with Crippen molar-refractivity contribution < 1.29 is 4.74 Å². The summed E-state index contributed by atoms with van der Waals surface area (Å²) in [4.78, 5) is 0. The van der Waals surface area contributed by atoms with Crippen LogP contribution in [0.15, 0.2) is 6.20 Å². The molecule has 5 nitrogen and oxygen atoms in total. The number of rotatable bonds is 2. The van der Waals surface area contributed by atoms with Crippen LogP contribution in [-0.2, 0) is 4.74 Å². The summed E-state index contributed by atoms with van der Waals surface area (Å²) in [5.74, 6) is 0.485. The highest BCUT2D eigenvalue weighted by atomic mass is 16.5. The Morgan fingerprint density at radius 3 is 2.92 bits per heavy atom. The number of hydrogen-bond donors (Lipinski definition) is 2. The number of aromatic amines is 1. The molecule has 1 unspecified atom stereocenters. The van der Waals surface area contributed by atoms with Gasteiger partial charge in [0.15, 0.2) is 0 Å². The maximum atomic E-state index is 6.04. The minimum absolute atomic E-state index is 0.00245. The van der Waals surface area contributed by atoms with Gasteiger partial charge < -0.3 is 10.5 Å². The van der Waals surface area contributed by atoms with Crippen LogP contribution in [0.1, 0.15) is 24.6 Å². The Labute approximate surface area is 76.7 Å². The second kappa shape index (κ2) is 3.85. The Balaban J connectivity index is 1.99. The van der Waals surface area contributed by atoms with Gasteiger partial charge in [-0.05, 0) is 18.8 Å². The van der Waals surface area contributed by atoms with E-state index in [0.717, 1.165) is 31.7 Å². The fraction of sp³-hybridized carbons (Fsp3) is 0.750. The molecule has 0 aliphatic carbocycles. The van der Waals surface area contributed by atoms with Gasteiger partial charge in [0.2, 0.25) is 0 Å². The summed E-state index contributed by atoms with van der Waals surface area (Å²) in [6, 6.07) is 0.00245. The van der Waals surface area contributed by atoms with Crippen molar-refractivity contribution in [2.75, 3.05) is 13.2 Å². The smallest absolute Gasteiger partial charge is 0.0994 e. The van der Waals surface area contributed by atoms with Crippen molar-refractivity contribution in [2.24, 2.45) is 11.7 Å². The molecule has 1 aliphatic heterocycles. The van der Waals surface area contributed by atoms with Crippen LogP contribution in [0.3, 0.4) is 0 Å². The molecule has 1 fully saturated rings. The second-order valence-electron chi connectivity index (χ2n) is 3.37. The SMILES string of the molecule is NC(c1cn[nH]n1)C1CCOCC1. The average molecular weight is 182 g/mol. The molecule has 0 aromatic carbocycles. The van der Waals surface area contributed by atoms with E-state index < -0.39 is 0 Å². The summed E-state index contributed by atoms with van der Waals surface area (Å²) in [6.07, 6.45) is 3.74. The number of nitrogens with one attached hydrogen (secondary N) is 1. The lowest BCUT2D eigenvalue weighted by Crippen LogP contribution is -2.27. The molecule has 0 amide bonds. The lowest BCUT2D eigenvalue weighted by atomic mass is 9.91. The molecule has 1 atom stereocenters. The third-order valence-corrected chi connectivity index (χ3v) is 2.55. The predicted molar refractivity (Wildman–Crippen MR) is 46.9 cm³/mol. The Hall–Kier alpha value is -0.940. The van der Waals surface area contributed by atoms with Crippen molar-refractivity contribution >= 4 is 0 Å². The second-order valence-corrected chi connectivity index (χ2v) is 3.37. The number of hydrogen-bond acceptors (Lipinski definition) is 4. The maximum Gasteiger partial charge on any atom is 0.0994 e. The van der Waals surface area contributed by atoms with Gasteiger partial charge >= 0.3 is 0 Å². The third-order valence-electron chi connectivity index (χ3n) is 2.55. The van der Waals surface area contributed by atoms with Gasteiger partial charge in [0.25, 0.3) is 0 Å². The normalized spacial score (nSPS) is 21.6. The van der Waals surface area contributed by atoms with Gasteiger partial charge in [-0.25, -0.2) is 0 Å². The molecule has 5 heteroatoms. The lowest BCUT2D eigenvalue weighted by Gasteiger charge is -2.26. The first-order chi connectivity index (χ1) is 6.38. The molecule has 3 N–H and O–H groups in total. The van der Waals surface area contributed by atoms with Crippen molar-refractivity contribution in [3.05, 3.63) is 11.9 Å². The topological polar surface area (TPSA) is 76.8 Å². The van der Waals surface area contributed by atoms with E-state index in [1.807, 2.05) is 0 Å². The van der Waals surface area contributed by atoms with Crippen molar-refractivity contribution in [3.8, 4) is 0 Å². The van der Waals surface area contributed by atoms with Crippen LogP contribution in [0.4, 0.5) is 0 Å². The van der Waals surface area contributed by atoms with Crippen LogP contribution in [0.5, 0.6) is 0 Å². The predicted octanol–water partition coefficient (Wildman–Crippen LogP) is 0.231. The van der Waals surface area contributed by atoms with E-state index in [4.69, 9.17) is 10.5 Å². The molecule has 1 saturated heterocycles. The van der Waals surface area contributed by atoms with Crippen LogP contribution in [0, 0.1) is 5.92 Å². The molecule has 0 spiro atoms. The van der Waals surface area contributed by atoms with Crippen LogP contribution in [0.2, 0.25) is 0 Å². The van der Waals surface area contributed by atoms with Crippen molar-refractivity contribution in [3.63, 3.8) is 0 Å². The monoisotopic (exact) mass is 182 g/mol. The Bertz CT molecular complexity index is 243. The molecule has 1 aliphatic rings. The van der Waals surface area contributed by atoms with E-state index >= 15 is 0 Å². The number of H-pyrrole nitrogens is 1. The highest BCUT2D eigenvalue weighted by Gasteiger charge is 2.23. The van der Waals surface area contributed by atoms with Crippen LogP contribution in [0.25, 0.3) is 0 Å². The van der Waals surface area contributed by atoms with Crippen LogP contribution < -0.4 is 5.73 Å². The van der Waals surface area contributed by atoms with E-state index in [-0.39, 0.29) is 6.04 Å². The summed E-state index contributed by atoms with van der Waals surface area (Å²) in [7, 11) is 0. The quantitative estimate of drug-likeness (QED) is 0.686. The standard InChI is InChI=1S/C8H14N4O/c9-8(7-5-10-12-11-7)6-1-3-13-4-2-6/h5-6,8H,1-4,9H2,(H,10,11,12). The Kier molecular flexibility index (Phi) is 2.56. The molecule has 1 aromatic rings. The average Bonchev–Trinajstić information content (AvgIpc) is 2.71. The molecule has 2 heterocycles. The van der Waals surface area contributed by atoms with E-state index in [1.54, 1.807) is 6.20 Å². The molecule has 72 valence electrons.